The molecule has 1 fully saturated rings. The molecule has 2 heteroatoms. The molecule has 0 aliphatic carbocycles. The molecule has 1 aromatic rings. The minimum Gasteiger partial charge on any atom is -0.382 e. The molecule has 1 N–H and O–H groups in total. The minimum absolute atomic E-state index is 0.650. The number of piperidine rings is 1. The van der Waals surface area contributed by atoms with Gasteiger partial charge in [-0.25, -0.2) is 0 Å². The molecule has 0 radical (unpaired) electrons. The van der Waals surface area contributed by atoms with Crippen molar-refractivity contribution in [3.63, 3.8) is 0 Å². The van der Waals surface area contributed by atoms with Gasteiger partial charge in [0.2, 0.25) is 0 Å². The molecule has 136 valence electrons. The Hall–Kier alpha value is -1.02. The van der Waals surface area contributed by atoms with Gasteiger partial charge in [-0.2, -0.15) is 0 Å². The summed E-state index contributed by atoms with van der Waals surface area (Å²) in [6, 6.07) is 9.46. The van der Waals surface area contributed by atoms with Crippen molar-refractivity contribution in [3.05, 3.63) is 29.8 Å². The molecule has 1 atom stereocenters. The van der Waals surface area contributed by atoms with E-state index in [0.717, 1.165) is 5.92 Å². The molecule has 0 bridgehead atoms. The standard InChI is InChI=1S/C22H38N2/c1-4-5-6-8-19(2)9-7-16-24-17-14-22(15-18-24)23-21-12-10-20(3)11-13-21/h10-13,19,22-23H,4-9,14-18H2,1-3H3. The highest BCUT2D eigenvalue weighted by Gasteiger charge is 2.18. The number of nitrogens with zero attached hydrogens (tertiary/aromatic N) is 1. The highest BCUT2D eigenvalue weighted by atomic mass is 15.1. The number of anilines is 1. The Bertz CT molecular complexity index is 432. The van der Waals surface area contributed by atoms with Crippen LogP contribution in [0.1, 0.15) is 70.8 Å². The van der Waals surface area contributed by atoms with Gasteiger partial charge in [0.15, 0.2) is 0 Å². The summed E-state index contributed by atoms with van der Waals surface area (Å²) in [7, 11) is 0. The maximum absolute atomic E-state index is 3.70. The smallest absolute Gasteiger partial charge is 0.0342 e. The van der Waals surface area contributed by atoms with Gasteiger partial charge in [-0.05, 0) is 57.2 Å². The Morgan fingerprint density at radius 1 is 1.04 bits per heavy atom. The molecule has 1 unspecified atom stereocenters. The van der Waals surface area contributed by atoms with Gasteiger partial charge in [0, 0.05) is 24.8 Å². The lowest BCUT2D eigenvalue weighted by Crippen LogP contribution is -2.39. The van der Waals surface area contributed by atoms with Crippen LogP contribution in [0.25, 0.3) is 0 Å². The first-order chi connectivity index (χ1) is 11.7. The van der Waals surface area contributed by atoms with Gasteiger partial charge in [-0.15, -0.1) is 0 Å². The fraction of sp³-hybridized carbons (Fsp3) is 0.727. The monoisotopic (exact) mass is 330 g/mol. The van der Waals surface area contributed by atoms with Crippen LogP contribution in [0.5, 0.6) is 0 Å². The third-order valence-corrected chi connectivity index (χ3v) is 5.48. The molecular formula is C22H38N2. The lowest BCUT2D eigenvalue weighted by Gasteiger charge is -2.33. The summed E-state index contributed by atoms with van der Waals surface area (Å²) in [4.78, 5) is 2.67. The van der Waals surface area contributed by atoms with Crippen molar-refractivity contribution in [1.29, 1.82) is 0 Å². The van der Waals surface area contributed by atoms with Crippen LogP contribution in [0, 0.1) is 12.8 Å². The molecule has 1 saturated heterocycles. The van der Waals surface area contributed by atoms with E-state index in [1.807, 2.05) is 0 Å². The number of hydrogen-bond acceptors (Lipinski definition) is 2. The van der Waals surface area contributed by atoms with Crippen molar-refractivity contribution in [2.75, 3.05) is 25.0 Å². The molecule has 2 rings (SSSR count). The average Bonchev–Trinajstić information content (AvgIpc) is 2.59. The zero-order chi connectivity index (χ0) is 17.2. The minimum atomic E-state index is 0.650. The van der Waals surface area contributed by atoms with Crippen molar-refractivity contribution in [2.24, 2.45) is 5.92 Å². The van der Waals surface area contributed by atoms with Gasteiger partial charge < -0.3 is 10.2 Å². The van der Waals surface area contributed by atoms with Crippen LogP contribution < -0.4 is 5.32 Å². The Balaban J connectivity index is 1.56. The Kier molecular flexibility index (Phi) is 8.66. The quantitative estimate of drug-likeness (QED) is 0.540. The maximum atomic E-state index is 3.70. The predicted octanol–water partition coefficient (Wildman–Crippen LogP) is 5.87. The van der Waals surface area contributed by atoms with Gasteiger partial charge >= 0.3 is 0 Å². The summed E-state index contributed by atoms with van der Waals surface area (Å²) in [5, 5.41) is 3.70. The molecule has 0 aromatic heterocycles. The van der Waals surface area contributed by atoms with E-state index in [-0.39, 0.29) is 0 Å². The predicted molar refractivity (Wildman–Crippen MR) is 107 cm³/mol. The van der Waals surface area contributed by atoms with Crippen molar-refractivity contribution < 1.29 is 0 Å². The van der Waals surface area contributed by atoms with Gasteiger partial charge in [0.1, 0.15) is 0 Å². The molecular weight excluding hydrogens is 292 g/mol. The highest BCUT2D eigenvalue weighted by Crippen LogP contribution is 2.19. The van der Waals surface area contributed by atoms with E-state index in [4.69, 9.17) is 0 Å². The summed E-state index contributed by atoms with van der Waals surface area (Å²) in [5.74, 6) is 0.914. The zero-order valence-electron chi connectivity index (χ0n) is 16.2. The lowest BCUT2D eigenvalue weighted by molar-refractivity contribution is 0.211. The van der Waals surface area contributed by atoms with Crippen molar-refractivity contribution in [1.82, 2.24) is 4.90 Å². The Morgan fingerprint density at radius 3 is 2.38 bits per heavy atom. The average molecular weight is 331 g/mol. The molecule has 0 amide bonds. The number of aryl methyl sites for hydroxylation is 1. The fourth-order valence-corrected chi connectivity index (χ4v) is 3.74. The third kappa shape index (κ3) is 7.25. The first-order valence-corrected chi connectivity index (χ1v) is 10.2. The van der Waals surface area contributed by atoms with E-state index in [9.17, 15) is 0 Å². The summed E-state index contributed by atoms with van der Waals surface area (Å²) < 4.78 is 0. The molecule has 1 heterocycles. The molecule has 2 nitrogen and oxygen atoms in total. The van der Waals surface area contributed by atoms with E-state index in [1.165, 1.54) is 82.3 Å². The first-order valence-electron chi connectivity index (χ1n) is 10.2. The highest BCUT2D eigenvalue weighted by molar-refractivity contribution is 5.45. The number of nitrogens with one attached hydrogen (secondary N) is 1. The molecule has 1 aliphatic heterocycles. The summed E-state index contributed by atoms with van der Waals surface area (Å²) in [6.45, 7) is 10.7. The van der Waals surface area contributed by atoms with E-state index in [1.54, 1.807) is 0 Å². The van der Waals surface area contributed by atoms with Crippen molar-refractivity contribution >= 4 is 5.69 Å². The van der Waals surface area contributed by atoms with Gasteiger partial charge in [0.25, 0.3) is 0 Å². The van der Waals surface area contributed by atoms with Crippen LogP contribution in [0.15, 0.2) is 24.3 Å². The van der Waals surface area contributed by atoms with Crippen LogP contribution >= 0.6 is 0 Å². The number of unbranched alkanes of at least 4 members (excludes halogenated alkanes) is 2. The summed E-state index contributed by atoms with van der Waals surface area (Å²) in [6.07, 6.45) is 10.9. The topological polar surface area (TPSA) is 15.3 Å². The Morgan fingerprint density at radius 2 is 1.71 bits per heavy atom. The first kappa shape index (κ1) is 19.3. The number of hydrogen-bond donors (Lipinski definition) is 1. The van der Waals surface area contributed by atoms with Crippen LogP contribution in [0.4, 0.5) is 5.69 Å². The fourth-order valence-electron chi connectivity index (χ4n) is 3.74. The van der Waals surface area contributed by atoms with Crippen LogP contribution in [-0.4, -0.2) is 30.6 Å². The van der Waals surface area contributed by atoms with E-state index in [0.29, 0.717) is 6.04 Å². The van der Waals surface area contributed by atoms with Crippen LogP contribution in [-0.2, 0) is 0 Å². The largest absolute Gasteiger partial charge is 0.382 e. The van der Waals surface area contributed by atoms with Gasteiger partial charge in [0.05, 0.1) is 0 Å². The second-order valence-electron chi connectivity index (χ2n) is 7.87. The molecule has 1 aliphatic rings. The molecule has 24 heavy (non-hydrogen) atoms. The van der Waals surface area contributed by atoms with E-state index in [2.05, 4.69) is 55.3 Å². The second kappa shape index (κ2) is 10.8. The molecule has 0 saturated carbocycles. The summed E-state index contributed by atoms with van der Waals surface area (Å²) >= 11 is 0. The SMILES string of the molecule is CCCCCC(C)CCCN1CCC(Nc2ccc(C)cc2)CC1. The van der Waals surface area contributed by atoms with Crippen LogP contribution in [0.2, 0.25) is 0 Å². The normalized spacial score (nSPS) is 17.8. The third-order valence-electron chi connectivity index (χ3n) is 5.48. The van der Waals surface area contributed by atoms with Crippen LogP contribution in [0.3, 0.4) is 0 Å². The van der Waals surface area contributed by atoms with Crippen molar-refractivity contribution in [2.45, 2.75) is 78.2 Å². The summed E-state index contributed by atoms with van der Waals surface area (Å²) in [5.41, 5.74) is 2.61. The van der Waals surface area contributed by atoms with E-state index >= 15 is 0 Å². The number of likely N-dealkylation sites (tertiary alicyclic amines) is 1. The van der Waals surface area contributed by atoms with Crippen molar-refractivity contribution in [3.8, 4) is 0 Å². The maximum Gasteiger partial charge on any atom is 0.0342 e. The molecule has 0 spiro atoms. The van der Waals surface area contributed by atoms with Gasteiger partial charge in [-0.3, -0.25) is 0 Å². The van der Waals surface area contributed by atoms with Gasteiger partial charge in [-0.1, -0.05) is 57.2 Å². The number of rotatable bonds is 10. The lowest BCUT2D eigenvalue weighted by atomic mass is 9.97. The zero-order valence-corrected chi connectivity index (χ0v) is 16.2. The molecule has 1 aromatic carbocycles. The Labute approximate surface area is 150 Å². The second-order valence-corrected chi connectivity index (χ2v) is 7.87. The number of benzene rings is 1. The van der Waals surface area contributed by atoms with E-state index < -0.39 is 0 Å².